The van der Waals surface area contributed by atoms with Gasteiger partial charge in [-0.3, -0.25) is 10.1 Å². The second-order valence-electron chi connectivity index (χ2n) is 7.09. The number of rotatable bonds is 2. The minimum absolute atomic E-state index is 0.0987. The van der Waals surface area contributed by atoms with Crippen LogP contribution in [0.4, 0.5) is 10.6 Å². The standard InChI is InChI=1S/C17H24N4O2/c1-11-5-4-6-13(18-11)19-16(23)21-9-7-12(8-10-21)14-17(2,3)15(22)20-14/h4-6,12,14H,7-10H2,1-3H3,(H,20,22)(H,18,19,23)/t14-/m0/s1. The van der Waals surface area contributed by atoms with E-state index in [1.54, 1.807) is 6.07 Å². The van der Waals surface area contributed by atoms with E-state index in [2.05, 4.69) is 15.6 Å². The van der Waals surface area contributed by atoms with Crippen LogP contribution in [0.15, 0.2) is 18.2 Å². The first-order valence-electron chi connectivity index (χ1n) is 8.18. The van der Waals surface area contributed by atoms with E-state index in [-0.39, 0.29) is 23.4 Å². The van der Waals surface area contributed by atoms with E-state index in [4.69, 9.17) is 0 Å². The van der Waals surface area contributed by atoms with E-state index in [0.29, 0.717) is 24.8 Å². The third-order valence-electron chi connectivity index (χ3n) is 5.07. The van der Waals surface area contributed by atoms with Crippen molar-refractivity contribution in [2.75, 3.05) is 18.4 Å². The van der Waals surface area contributed by atoms with Gasteiger partial charge >= 0.3 is 6.03 Å². The molecular formula is C17H24N4O2. The molecule has 3 heterocycles. The average Bonchev–Trinajstić information content (AvgIpc) is 2.52. The van der Waals surface area contributed by atoms with Gasteiger partial charge in [-0.25, -0.2) is 9.78 Å². The number of hydrogen-bond acceptors (Lipinski definition) is 3. The van der Waals surface area contributed by atoms with Crippen LogP contribution >= 0.6 is 0 Å². The Labute approximate surface area is 136 Å². The van der Waals surface area contributed by atoms with Gasteiger partial charge in [0.25, 0.3) is 0 Å². The number of amides is 3. The number of β-lactam (4-membered cyclic amide) rings is 1. The molecule has 6 heteroatoms. The van der Waals surface area contributed by atoms with Crippen LogP contribution in [-0.4, -0.2) is 41.0 Å². The molecule has 0 unspecified atom stereocenters. The second kappa shape index (κ2) is 5.83. The summed E-state index contributed by atoms with van der Waals surface area (Å²) in [6.07, 6.45) is 1.84. The molecular weight excluding hydrogens is 292 g/mol. The lowest BCUT2D eigenvalue weighted by Gasteiger charge is -2.50. The number of aromatic nitrogens is 1. The van der Waals surface area contributed by atoms with Crippen LogP contribution in [0, 0.1) is 18.3 Å². The minimum atomic E-state index is -0.277. The van der Waals surface area contributed by atoms with Gasteiger partial charge in [-0.15, -0.1) is 0 Å². The number of hydrogen-bond donors (Lipinski definition) is 2. The van der Waals surface area contributed by atoms with E-state index in [1.165, 1.54) is 0 Å². The molecule has 1 aromatic heterocycles. The molecule has 0 spiro atoms. The van der Waals surface area contributed by atoms with Gasteiger partial charge < -0.3 is 10.2 Å². The van der Waals surface area contributed by atoms with Crippen molar-refractivity contribution in [3.8, 4) is 0 Å². The Morgan fingerprint density at radius 2 is 2.04 bits per heavy atom. The van der Waals surface area contributed by atoms with E-state index >= 15 is 0 Å². The van der Waals surface area contributed by atoms with Crippen molar-refractivity contribution in [1.29, 1.82) is 0 Å². The molecule has 0 aromatic carbocycles. The number of pyridine rings is 1. The molecule has 2 aliphatic rings. The number of aryl methyl sites for hydroxylation is 1. The van der Waals surface area contributed by atoms with Crippen LogP contribution in [-0.2, 0) is 4.79 Å². The summed E-state index contributed by atoms with van der Waals surface area (Å²) in [5, 5.41) is 5.88. The summed E-state index contributed by atoms with van der Waals surface area (Å²) in [5.41, 5.74) is 0.602. The molecule has 3 amide bonds. The Kier molecular flexibility index (Phi) is 4.00. The summed E-state index contributed by atoms with van der Waals surface area (Å²) in [6, 6.07) is 5.71. The molecule has 0 radical (unpaired) electrons. The zero-order chi connectivity index (χ0) is 16.6. The van der Waals surface area contributed by atoms with Crippen molar-refractivity contribution in [3.05, 3.63) is 23.9 Å². The van der Waals surface area contributed by atoms with Crippen molar-refractivity contribution < 1.29 is 9.59 Å². The molecule has 2 N–H and O–H groups in total. The van der Waals surface area contributed by atoms with Gasteiger partial charge in [0.1, 0.15) is 5.82 Å². The largest absolute Gasteiger partial charge is 0.351 e. The molecule has 0 bridgehead atoms. The highest BCUT2D eigenvalue weighted by Gasteiger charge is 2.51. The maximum atomic E-state index is 12.3. The number of piperidine rings is 1. The molecule has 3 rings (SSSR count). The van der Waals surface area contributed by atoms with Gasteiger partial charge in [0.05, 0.1) is 5.41 Å². The van der Waals surface area contributed by atoms with Gasteiger partial charge in [-0.2, -0.15) is 0 Å². The van der Waals surface area contributed by atoms with Crippen molar-refractivity contribution in [3.63, 3.8) is 0 Å². The lowest BCUT2D eigenvalue weighted by atomic mass is 9.68. The summed E-state index contributed by atoms with van der Waals surface area (Å²) < 4.78 is 0. The second-order valence-corrected chi connectivity index (χ2v) is 7.09. The third-order valence-corrected chi connectivity index (χ3v) is 5.07. The van der Waals surface area contributed by atoms with Crippen LogP contribution in [0.5, 0.6) is 0 Å². The number of anilines is 1. The lowest BCUT2D eigenvalue weighted by molar-refractivity contribution is -0.146. The number of nitrogens with one attached hydrogen (secondary N) is 2. The maximum Gasteiger partial charge on any atom is 0.323 e. The first-order chi connectivity index (χ1) is 10.9. The molecule has 0 saturated carbocycles. The van der Waals surface area contributed by atoms with Gasteiger partial charge in [0.15, 0.2) is 0 Å². The molecule has 1 atom stereocenters. The number of nitrogens with zero attached hydrogens (tertiary/aromatic N) is 2. The van der Waals surface area contributed by atoms with E-state index in [9.17, 15) is 9.59 Å². The molecule has 2 saturated heterocycles. The van der Waals surface area contributed by atoms with Crippen molar-refractivity contribution in [2.45, 2.75) is 39.7 Å². The van der Waals surface area contributed by atoms with Gasteiger partial charge in [-0.05, 0) is 51.7 Å². The Balaban J connectivity index is 1.53. The Morgan fingerprint density at radius 3 is 2.61 bits per heavy atom. The summed E-state index contributed by atoms with van der Waals surface area (Å²) in [5.74, 6) is 1.17. The molecule has 23 heavy (non-hydrogen) atoms. The topological polar surface area (TPSA) is 74.3 Å². The zero-order valence-corrected chi connectivity index (χ0v) is 13.9. The number of carbonyl (C=O) groups is 2. The molecule has 124 valence electrons. The highest BCUT2D eigenvalue weighted by atomic mass is 16.2. The Morgan fingerprint density at radius 1 is 1.35 bits per heavy atom. The van der Waals surface area contributed by atoms with Crippen LogP contribution in [0.25, 0.3) is 0 Å². The molecule has 6 nitrogen and oxygen atoms in total. The van der Waals surface area contributed by atoms with Crippen molar-refractivity contribution in [1.82, 2.24) is 15.2 Å². The summed E-state index contributed by atoms with van der Waals surface area (Å²) >= 11 is 0. The van der Waals surface area contributed by atoms with E-state index < -0.39 is 0 Å². The highest BCUT2D eigenvalue weighted by Crippen LogP contribution is 2.38. The maximum absolute atomic E-state index is 12.3. The smallest absolute Gasteiger partial charge is 0.323 e. The fourth-order valence-electron chi connectivity index (χ4n) is 3.52. The number of likely N-dealkylation sites (tertiary alicyclic amines) is 1. The van der Waals surface area contributed by atoms with Gasteiger partial charge in [-0.1, -0.05) is 6.07 Å². The molecule has 0 aliphatic carbocycles. The van der Waals surface area contributed by atoms with Crippen LogP contribution in [0.2, 0.25) is 0 Å². The zero-order valence-electron chi connectivity index (χ0n) is 13.9. The fraction of sp³-hybridized carbons (Fsp3) is 0.588. The minimum Gasteiger partial charge on any atom is -0.351 e. The van der Waals surface area contributed by atoms with E-state index in [1.807, 2.05) is 37.8 Å². The fourth-order valence-corrected chi connectivity index (χ4v) is 3.52. The van der Waals surface area contributed by atoms with E-state index in [0.717, 1.165) is 18.5 Å². The Bertz CT molecular complexity index is 621. The molecule has 2 aliphatic heterocycles. The van der Waals surface area contributed by atoms with Crippen LogP contribution < -0.4 is 10.6 Å². The van der Waals surface area contributed by atoms with Gasteiger partial charge in [0, 0.05) is 24.8 Å². The average molecular weight is 316 g/mol. The summed E-state index contributed by atoms with van der Waals surface area (Å²) in [4.78, 5) is 30.1. The molecule has 1 aromatic rings. The van der Waals surface area contributed by atoms with Crippen LogP contribution in [0.1, 0.15) is 32.4 Å². The number of urea groups is 1. The summed E-state index contributed by atoms with van der Waals surface area (Å²) in [6.45, 7) is 7.32. The first-order valence-corrected chi connectivity index (χ1v) is 8.18. The quantitative estimate of drug-likeness (QED) is 0.821. The summed E-state index contributed by atoms with van der Waals surface area (Å²) in [7, 11) is 0. The monoisotopic (exact) mass is 316 g/mol. The third kappa shape index (κ3) is 3.02. The SMILES string of the molecule is Cc1cccc(NC(=O)N2CCC([C@@H]3NC(=O)C3(C)C)CC2)n1. The number of carbonyl (C=O) groups excluding carboxylic acids is 2. The van der Waals surface area contributed by atoms with Gasteiger partial charge in [0.2, 0.25) is 5.91 Å². The highest BCUT2D eigenvalue weighted by molar-refractivity contribution is 5.89. The molecule has 2 fully saturated rings. The lowest BCUT2D eigenvalue weighted by Crippen LogP contribution is -2.68. The Hall–Kier alpha value is -2.11. The normalized spacial score (nSPS) is 23.9. The predicted molar refractivity (Wildman–Crippen MR) is 88.0 cm³/mol. The van der Waals surface area contributed by atoms with Crippen molar-refractivity contribution in [2.24, 2.45) is 11.3 Å². The first kappa shape index (κ1) is 15.8. The van der Waals surface area contributed by atoms with Crippen molar-refractivity contribution >= 4 is 17.8 Å². The predicted octanol–water partition coefficient (Wildman–Crippen LogP) is 2.16. The van der Waals surface area contributed by atoms with Crippen LogP contribution in [0.3, 0.4) is 0 Å².